The molecule has 37 heavy (non-hydrogen) atoms. The van der Waals surface area contributed by atoms with Crippen molar-refractivity contribution in [2.75, 3.05) is 33.2 Å². The summed E-state index contributed by atoms with van der Waals surface area (Å²) in [6.07, 6.45) is 10.7. The average Bonchev–Trinajstić information content (AvgIpc) is 2.91. The van der Waals surface area contributed by atoms with Crippen molar-refractivity contribution in [1.29, 1.82) is 0 Å². The van der Waals surface area contributed by atoms with Crippen LogP contribution < -0.4 is 16.0 Å². The van der Waals surface area contributed by atoms with Crippen molar-refractivity contribution in [2.24, 2.45) is 11.8 Å². The van der Waals surface area contributed by atoms with Gasteiger partial charge in [0.25, 0.3) is 0 Å². The van der Waals surface area contributed by atoms with E-state index >= 15 is 0 Å². The van der Waals surface area contributed by atoms with Crippen LogP contribution >= 0.6 is 11.6 Å². The molecule has 1 aliphatic carbocycles. The number of aliphatic hydroxyl groups is 1. The zero-order valence-corrected chi connectivity index (χ0v) is 23.5. The quantitative estimate of drug-likeness (QED) is 0.289. The number of halogens is 1. The molecule has 2 aliphatic rings. The lowest BCUT2D eigenvalue weighted by Crippen LogP contribution is -2.54. The minimum atomic E-state index is -1.13. The summed E-state index contributed by atoms with van der Waals surface area (Å²) in [5.74, 6) is 0.576. The Balaban J connectivity index is 1.68. The van der Waals surface area contributed by atoms with E-state index < -0.39 is 5.60 Å². The Labute approximate surface area is 228 Å². The molecular formula is C29H47ClN4O3. The van der Waals surface area contributed by atoms with E-state index in [0.29, 0.717) is 49.8 Å². The van der Waals surface area contributed by atoms with E-state index in [-0.39, 0.29) is 23.9 Å². The van der Waals surface area contributed by atoms with Crippen LogP contribution in [0.25, 0.3) is 0 Å². The van der Waals surface area contributed by atoms with Gasteiger partial charge in [-0.3, -0.25) is 4.79 Å². The van der Waals surface area contributed by atoms with Crippen molar-refractivity contribution in [3.63, 3.8) is 0 Å². The SMILES string of the molecule is CCC(=O)NCCC[C@@](O)(c1cccc(Cl)c1)[C@@H]1CCCN(C(=O)NC(CNC)CC2CCCCC2)C1. The summed E-state index contributed by atoms with van der Waals surface area (Å²) in [5, 5.41) is 22.1. The third kappa shape index (κ3) is 8.86. The molecule has 3 amide bonds. The van der Waals surface area contributed by atoms with E-state index in [0.717, 1.165) is 31.4 Å². The minimum Gasteiger partial charge on any atom is -0.385 e. The van der Waals surface area contributed by atoms with Crippen LogP contribution in [0.3, 0.4) is 0 Å². The zero-order chi connectivity index (χ0) is 26.7. The van der Waals surface area contributed by atoms with Crippen molar-refractivity contribution >= 4 is 23.5 Å². The van der Waals surface area contributed by atoms with Crippen molar-refractivity contribution in [3.05, 3.63) is 34.9 Å². The summed E-state index contributed by atoms with van der Waals surface area (Å²) >= 11 is 6.31. The Bertz CT molecular complexity index is 863. The standard InChI is InChI=1S/C29H47ClN4O3/c1-3-27(35)32-16-9-15-29(37,23-12-7-14-25(30)19-23)24-13-8-17-34(21-24)28(36)33-26(20-31-2)18-22-10-5-4-6-11-22/h7,12,14,19,22,24,26,31,37H,3-6,8-11,13,15-18,20-21H2,1-2H3,(H,32,35)(H,33,36)/t24-,26?,29-/m1/s1. The molecule has 0 aromatic heterocycles. The summed E-state index contributed by atoms with van der Waals surface area (Å²) in [5.41, 5.74) is -0.354. The van der Waals surface area contributed by atoms with Crippen molar-refractivity contribution in [1.82, 2.24) is 20.9 Å². The van der Waals surface area contributed by atoms with Gasteiger partial charge in [0.1, 0.15) is 0 Å². The summed E-state index contributed by atoms with van der Waals surface area (Å²) < 4.78 is 0. The van der Waals surface area contributed by atoms with Crippen molar-refractivity contribution < 1.29 is 14.7 Å². The number of likely N-dealkylation sites (N-methyl/N-ethyl adjacent to an activating group) is 1. The molecule has 2 fully saturated rings. The molecular weight excluding hydrogens is 488 g/mol. The van der Waals surface area contributed by atoms with E-state index in [9.17, 15) is 14.7 Å². The Morgan fingerprint density at radius 3 is 2.68 bits per heavy atom. The number of nitrogens with one attached hydrogen (secondary N) is 3. The highest BCUT2D eigenvalue weighted by atomic mass is 35.5. The van der Waals surface area contributed by atoms with E-state index in [4.69, 9.17) is 11.6 Å². The number of piperidine rings is 1. The Morgan fingerprint density at radius 2 is 1.97 bits per heavy atom. The summed E-state index contributed by atoms with van der Waals surface area (Å²) in [6, 6.07) is 7.49. The van der Waals surface area contributed by atoms with Gasteiger partial charge in [0.2, 0.25) is 5.91 Å². The third-order valence-electron chi connectivity index (χ3n) is 8.21. The predicted octanol–water partition coefficient (Wildman–Crippen LogP) is 4.81. The van der Waals surface area contributed by atoms with Crippen LogP contribution in [-0.2, 0) is 10.4 Å². The minimum absolute atomic E-state index is 0.0103. The maximum atomic E-state index is 13.4. The van der Waals surface area contributed by atoms with Crippen LogP contribution in [0, 0.1) is 11.8 Å². The van der Waals surface area contributed by atoms with Crippen molar-refractivity contribution in [3.8, 4) is 0 Å². The highest BCUT2D eigenvalue weighted by Crippen LogP contribution is 2.40. The van der Waals surface area contributed by atoms with Gasteiger partial charge in [-0.1, -0.05) is 62.8 Å². The largest absolute Gasteiger partial charge is 0.385 e. The lowest BCUT2D eigenvalue weighted by molar-refractivity contribution is -0.120. The monoisotopic (exact) mass is 534 g/mol. The highest BCUT2D eigenvalue weighted by Gasteiger charge is 2.41. The lowest BCUT2D eigenvalue weighted by Gasteiger charge is -2.43. The predicted molar refractivity (Wildman–Crippen MR) is 150 cm³/mol. The number of rotatable bonds is 12. The average molecular weight is 535 g/mol. The Kier molecular flexibility index (Phi) is 12.0. The highest BCUT2D eigenvalue weighted by molar-refractivity contribution is 6.30. The molecule has 7 nitrogen and oxygen atoms in total. The molecule has 1 unspecified atom stereocenters. The number of carbonyl (C=O) groups excluding carboxylic acids is 2. The number of amides is 3. The van der Waals surface area contributed by atoms with Crippen LogP contribution in [0.15, 0.2) is 24.3 Å². The Morgan fingerprint density at radius 1 is 1.19 bits per heavy atom. The first-order valence-electron chi connectivity index (χ1n) is 14.3. The Hall–Kier alpha value is -1.83. The molecule has 1 aliphatic heterocycles. The number of urea groups is 1. The van der Waals surface area contributed by atoms with E-state index in [1.165, 1.54) is 32.1 Å². The van der Waals surface area contributed by atoms with Crippen molar-refractivity contribution in [2.45, 2.75) is 89.2 Å². The molecule has 1 aromatic carbocycles. The number of carbonyl (C=O) groups is 2. The fourth-order valence-electron chi connectivity index (χ4n) is 6.13. The van der Waals surface area contributed by atoms with Gasteiger partial charge in [-0.05, 0) is 62.8 Å². The van der Waals surface area contributed by atoms with Gasteiger partial charge in [-0.2, -0.15) is 0 Å². The molecule has 1 heterocycles. The third-order valence-corrected chi connectivity index (χ3v) is 8.44. The topological polar surface area (TPSA) is 93.7 Å². The zero-order valence-electron chi connectivity index (χ0n) is 22.7. The maximum absolute atomic E-state index is 13.4. The second-order valence-electron chi connectivity index (χ2n) is 11.0. The molecule has 0 spiro atoms. The number of likely N-dealkylation sites (tertiary alicyclic amines) is 1. The molecule has 1 aromatic rings. The van der Waals surface area contributed by atoms with Gasteiger partial charge < -0.3 is 26.0 Å². The van der Waals surface area contributed by atoms with Gasteiger partial charge in [-0.25, -0.2) is 4.79 Å². The van der Waals surface area contributed by atoms with E-state index in [1.54, 1.807) is 0 Å². The molecule has 0 bridgehead atoms. The fraction of sp³-hybridized carbons (Fsp3) is 0.724. The smallest absolute Gasteiger partial charge is 0.317 e. The van der Waals surface area contributed by atoms with Gasteiger partial charge >= 0.3 is 6.03 Å². The second-order valence-corrected chi connectivity index (χ2v) is 11.4. The number of benzene rings is 1. The van der Waals surface area contributed by atoms with E-state index in [1.807, 2.05) is 43.1 Å². The first-order chi connectivity index (χ1) is 17.9. The van der Waals surface area contributed by atoms with E-state index in [2.05, 4.69) is 16.0 Å². The van der Waals surface area contributed by atoms with Gasteiger partial charge in [0, 0.05) is 49.6 Å². The first-order valence-corrected chi connectivity index (χ1v) is 14.7. The van der Waals surface area contributed by atoms with Crippen LogP contribution in [0.4, 0.5) is 4.79 Å². The van der Waals surface area contributed by atoms with Crippen LogP contribution in [0.5, 0.6) is 0 Å². The maximum Gasteiger partial charge on any atom is 0.317 e. The molecule has 208 valence electrons. The second kappa shape index (κ2) is 14.9. The molecule has 3 atom stereocenters. The molecule has 3 rings (SSSR count). The normalized spacial score (nSPS) is 21.2. The van der Waals surface area contributed by atoms with Gasteiger partial charge in [-0.15, -0.1) is 0 Å². The number of hydrogen-bond donors (Lipinski definition) is 4. The van der Waals surface area contributed by atoms with Crippen LogP contribution in [-0.4, -0.2) is 61.2 Å². The molecule has 0 radical (unpaired) electrons. The van der Waals surface area contributed by atoms with Gasteiger partial charge in [0.05, 0.1) is 5.60 Å². The summed E-state index contributed by atoms with van der Waals surface area (Å²) in [4.78, 5) is 27.0. The fourth-order valence-corrected chi connectivity index (χ4v) is 6.33. The molecule has 8 heteroatoms. The van der Waals surface area contributed by atoms with Crippen LogP contribution in [0.1, 0.15) is 83.1 Å². The lowest BCUT2D eigenvalue weighted by atomic mass is 9.74. The number of nitrogens with zero attached hydrogens (tertiary/aromatic N) is 1. The molecule has 1 saturated carbocycles. The summed E-state index contributed by atoms with van der Waals surface area (Å²) in [6.45, 7) is 4.28. The molecule has 4 N–H and O–H groups in total. The first kappa shape index (κ1) is 29.7. The number of hydrogen-bond acceptors (Lipinski definition) is 4. The summed E-state index contributed by atoms with van der Waals surface area (Å²) in [7, 11) is 1.94. The van der Waals surface area contributed by atoms with Crippen LogP contribution in [0.2, 0.25) is 5.02 Å². The van der Waals surface area contributed by atoms with Gasteiger partial charge in [0.15, 0.2) is 0 Å². The molecule has 1 saturated heterocycles.